The second-order valence-electron chi connectivity index (χ2n) is 6.05. The smallest absolute Gasteiger partial charge is 0.0412 e. The number of piperazine rings is 1. The van der Waals surface area contributed by atoms with Crippen LogP contribution in [0.2, 0.25) is 0 Å². The fraction of sp³-hybridized carbons (Fsp3) is 0.625. The van der Waals surface area contributed by atoms with E-state index in [9.17, 15) is 0 Å². The number of nitrogens with zero attached hydrogens (tertiary/aromatic N) is 1. The molecule has 0 aromatic heterocycles. The number of hydrogen-bond acceptors (Lipinski definition) is 2. The van der Waals surface area contributed by atoms with Crippen molar-refractivity contribution in [2.45, 2.75) is 45.2 Å². The van der Waals surface area contributed by atoms with Crippen LogP contribution in [-0.2, 0) is 0 Å². The minimum atomic E-state index is 0.628. The zero-order chi connectivity index (χ0) is 13.4. The van der Waals surface area contributed by atoms with Gasteiger partial charge in [0.15, 0.2) is 0 Å². The first kappa shape index (κ1) is 13.4. The summed E-state index contributed by atoms with van der Waals surface area (Å²) in [7, 11) is 0. The molecule has 2 aliphatic rings. The first-order valence-electron chi connectivity index (χ1n) is 7.44. The lowest BCUT2D eigenvalue weighted by atomic mass is 10.0. The van der Waals surface area contributed by atoms with Crippen molar-refractivity contribution in [1.29, 1.82) is 0 Å². The summed E-state index contributed by atoms with van der Waals surface area (Å²) in [5.41, 5.74) is 2.71. The standard InChI is InChI=1S/C16H23BrN2/c1-3-14-9-18-16(12-4-5-12)10-19(14)15-7-11(2)6-13(17)8-15/h6-8,12,14,16,18H,3-5,9-10H2,1-2H3. The number of aryl methyl sites for hydroxylation is 1. The van der Waals surface area contributed by atoms with E-state index in [0.29, 0.717) is 12.1 Å². The van der Waals surface area contributed by atoms with Gasteiger partial charge in [0.2, 0.25) is 0 Å². The van der Waals surface area contributed by atoms with Crippen molar-refractivity contribution in [3.63, 3.8) is 0 Å². The summed E-state index contributed by atoms with van der Waals surface area (Å²) < 4.78 is 1.19. The van der Waals surface area contributed by atoms with Crippen molar-refractivity contribution in [3.05, 3.63) is 28.2 Å². The molecule has 1 aliphatic heterocycles. The molecule has 104 valence electrons. The average Bonchev–Trinajstić information content (AvgIpc) is 3.21. The summed E-state index contributed by atoms with van der Waals surface area (Å²) in [4.78, 5) is 2.62. The molecule has 2 nitrogen and oxygen atoms in total. The van der Waals surface area contributed by atoms with E-state index < -0.39 is 0 Å². The van der Waals surface area contributed by atoms with Crippen LogP contribution < -0.4 is 10.2 Å². The van der Waals surface area contributed by atoms with E-state index in [1.807, 2.05) is 0 Å². The molecule has 19 heavy (non-hydrogen) atoms. The fourth-order valence-corrected chi connectivity index (χ4v) is 3.80. The summed E-state index contributed by atoms with van der Waals surface area (Å²) >= 11 is 3.64. The zero-order valence-electron chi connectivity index (χ0n) is 11.8. The Bertz CT molecular complexity index is 436. The van der Waals surface area contributed by atoms with E-state index in [-0.39, 0.29) is 0 Å². The van der Waals surface area contributed by atoms with Gasteiger partial charge in [-0.15, -0.1) is 0 Å². The SMILES string of the molecule is CCC1CNC(C2CC2)CN1c1cc(C)cc(Br)c1. The number of halogens is 1. The van der Waals surface area contributed by atoms with Crippen LogP contribution in [0.3, 0.4) is 0 Å². The highest BCUT2D eigenvalue weighted by molar-refractivity contribution is 9.10. The molecule has 1 aliphatic carbocycles. The molecule has 2 fully saturated rings. The maximum Gasteiger partial charge on any atom is 0.0412 e. The molecule has 1 aromatic carbocycles. The van der Waals surface area contributed by atoms with E-state index in [1.54, 1.807) is 0 Å². The van der Waals surface area contributed by atoms with Gasteiger partial charge in [0, 0.05) is 35.3 Å². The Morgan fingerprint density at radius 2 is 2.11 bits per heavy atom. The Kier molecular flexibility index (Phi) is 3.86. The Labute approximate surface area is 124 Å². The van der Waals surface area contributed by atoms with Crippen LogP contribution in [0.5, 0.6) is 0 Å². The minimum Gasteiger partial charge on any atom is -0.366 e. The monoisotopic (exact) mass is 322 g/mol. The van der Waals surface area contributed by atoms with Gasteiger partial charge in [-0.1, -0.05) is 22.9 Å². The van der Waals surface area contributed by atoms with Gasteiger partial charge >= 0.3 is 0 Å². The van der Waals surface area contributed by atoms with Crippen LogP contribution in [0, 0.1) is 12.8 Å². The van der Waals surface area contributed by atoms with Crippen molar-refractivity contribution in [2.75, 3.05) is 18.0 Å². The molecule has 0 bridgehead atoms. The number of nitrogens with one attached hydrogen (secondary N) is 1. The van der Waals surface area contributed by atoms with E-state index in [1.165, 1.54) is 41.5 Å². The summed E-state index contributed by atoms with van der Waals surface area (Å²) in [6, 6.07) is 8.10. The molecule has 1 heterocycles. The normalized spacial score (nSPS) is 27.6. The quantitative estimate of drug-likeness (QED) is 0.912. The molecule has 1 saturated carbocycles. The van der Waals surface area contributed by atoms with Gasteiger partial charge in [-0.3, -0.25) is 0 Å². The van der Waals surface area contributed by atoms with Crippen LogP contribution in [0.1, 0.15) is 31.7 Å². The molecule has 1 N–H and O–H groups in total. The highest BCUT2D eigenvalue weighted by atomic mass is 79.9. The molecule has 0 spiro atoms. The molecular weight excluding hydrogens is 300 g/mol. The highest BCUT2D eigenvalue weighted by Gasteiger charge is 2.36. The number of hydrogen-bond donors (Lipinski definition) is 1. The zero-order valence-corrected chi connectivity index (χ0v) is 13.4. The average molecular weight is 323 g/mol. The minimum absolute atomic E-state index is 0.628. The molecule has 1 aromatic rings. The van der Waals surface area contributed by atoms with Gasteiger partial charge in [-0.25, -0.2) is 0 Å². The maximum absolute atomic E-state index is 3.76. The van der Waals surface area contributed by atoms with Crippen molar-refractivity contribution >= 4 is 21.6 Å². The molecule has 0 amide bonds. The largest absolute Gasteiger partial charge is 0.366 e. The van der Waals surface area contributed by atoms with Gasteiger partial charge in [0.25, 0.3) is 0 Å². The van der Waals surface area contributed by atoms with Gasteiger partial charge in [-0.05, 0) is 55.9 Å². The Balaban J connectivity index is 1.84. The lowest BCUT2D eigenvalue weighted by Gasteiger charge is -2.42. The van der Waals surface area contributed by atoms with Crippen LogP contribution in [0.25, 0.3) is 0 Å². The van der Waals surface area contributed by atoms with Crippen LogP contribution in [0.4, 0.5) is 5.69 Å². The second-order valence-corrected chi connectivity index (χ2v) is 6.97. The molecule has 1 saturated heterocycles. The Hall–Kier alpha value is -0.540. The third-order valence-electron chi connectivity index (χ3n) is 4.47. The third kappa shape index (κ3) is 2.97. The molecule has 2 unspecified atom stereocenters. The molecule has 2 atom stereocenters. The summed E-state index contributed by atoms with van der Waals surface area (Å²) in [6.45, 7) is 6.76. The van der Waals surface area contributed by atoms with Crippen molar-refractivity contribution < 1.29 is 0 Å². The predicted molar refractivity (Wildman–Crippen MR) is 84.8 cm³/mol. The van der Waals surface area contributed by atoms with Gasteiger partial charge in [-0.2, -0.15) is 0 Å². The summed E-state index contributed by atoms with van der Waals surface area (Å²) in [6.07, 6.45) is 4.04. The Morgan fingerprint density at radius 1 is 1.32 bits per heavy atom. The third-order valence-corrected chi connectivity index (χ3v) is 4.93. The molecular formula is C16H23BrN2. The summed E-state index contributed by atoms with van der Waals surface area (Å²) in [5.74, 6) is 0.925. The van der Waals surface area contributed by atoms with Crippen LogP contribution in [-0.4, -0.2) is 25.2 Å². The molecule has 3 heteroatoms. The number of benzene rings is 1. The first-order chi connectivity index (χ1) is 9.17. The van der Waals surface area contributed by atoms with Gasteiger partial charge < -0.3 is 10.2 Å². The van der Waals surface area contributed by atoms with Crippen molar-refractivity contribution in [2.24, 2.45) is 5.92 Å². The first-order valence-corrected chi connectivity index (χ1v) is 8.24. The Morgan fingerprint density at radius 3 is 2.74 bits per heavy atom. The predicted octanol–water partition coefficient (Wildman–Crippen LogP) is 3.72. The topological polar surface area (TPSA) is 15.3 Å². The number of anilines is 1. The lowest BCUT2D eigenvalue weighted by Crippen LogP contribution is -2.57. The van der Waals surface area contributed by atoms with Crippen LogP contribution in [0.15, 0.2) is 22.7 Å². The number of rotatable bonds is 3. The van der Waals surface area contributed by atoms with Crippen molar-refractivity contribution in [3.8, 4) is 0 Å². The highest BCUT2D eigenvalue weighted by Crippen LogP contribution is 2.36. The lowest BCUT2D eigenvalue weighted by molar-refractivity contribution is 0.360. The second kappa shape index (κ2) is 5.45. The van der Waals surface area contributed by atoms with E-state index >= 15 is 0 Å². The molecule has 0 radical (unpaired) electrons. The maximum atomic E-state index is 3.76. The van der Waals surface area contributed by atoms with E-state index in [4.69, 9.17) is 0 Å². The van der Waals surface area contributed by atoms with E-state index in [0.717, 1.165) is 12.5 Å². The van der Waals surface area contributed by atoms with Gasteiger partial charge in [0.05, 0.1) is 0 Å². The van der Waals surface area contributed by atoms with Gasteiger partial charge in [0.1, 0.15) is 0 Å². The summed E-state index contributed by atoms with van der Waals surface area (Å²) in [5, 5.41) is 3.76. The van der Waals surface area contributed by atoms with Crippen molar-refractivity contribution in [1.82, 2.24) is 5.32 Å². The van der Waals surface area contributed by atoms with E-state index in [2.05, 4.69) is 58.2 Å². The van der Waals surface area contributed by atoms with Crippen LogP contribution >= 0.6 is 15.9 Å². The fourth-order valence-electron chi connectivity index (χ4n) is 3.20. The molecule has 3 rings (SSSR count).